The molecule has 3 atom stereocenters. The lowest BCUT2D eigenvalue weighted by Crippen LogP contribution is -2.47. The Bertz CT molecular complexity index is 409. The van der Waals surface area contributed by atoms with Gasteiger partial charge in [0.15, 0.2) is 0 Å². The number of amides is 1. The Morgan fingerprint density at radius 1 is 1.63 bits per heavy atom. The van der Waals surface area contributed by atoms with Crippen molar-refractivity contribution in [3.63, 3.8) is 0 Å². The molecular weight excluding hydrogens is 246 g/mol. The normalized spacial score (nSPS) is 26.1. The first kappa shape index (κ1) is 14.1. The molecule has 2 heterocycles. The Morgan fingerprint density at radius 3 is 3.00 bits per heavy atom. The minimum atomic E-state index is -0.718. The van der Waals surface area contributed by atoms with Gasteiger partial charge in [-0.1, -0.05) is 0 Å². The van der Waals surface area contributed by atoms with Crippen molar-refractivity contribution in [2.45, 2.75) is 50.9 Å². The molecule has 0 spiro atoms. The molecule has 106 valence electrons. The lowest BCUT2D eigenvalue weighted by Gasteiger charge is -2.25. The van der Waals surface area contributed by atoms with E-state index in [1.54, 1.807) is 12.1 Å². The molecule has 1 aromatic rings. The van der Waals surface area contributed by atoms with Gasteiger partial charge in [-0.05, 0) is 38.8 Å². The summed E-state index contributed by atoms with van der Waals surface area (Å²) in [5.41, 5.74) is -0.718. The van der Waals surface area contributed by atoms with Gasteiger partial charge in [-0.15, -0.1) is 0 Å². The number of hydrogen-bond donors (Lipinski definition) is 2. The maximum atomic E-state index is 12.1. The van der Waals surface area contributed by atoms with E-state index >= 15 is 0 Å². The zero-order valence-corrected chi connectivity index (χ0v) is 11.4. The van der Waals surface area contributed by atoms with Gasteiger partial charge < -0.3 is 19.6 Å². The number of carbonyl (C=O) groups excluding carboxylic acids is 1. The molecule has 0 aromatic carbocycles. The summed E-state index contributed by atoms with van der Waals surface area (Å²) in [6, 6.07) is 3.31. The fourth-order valence-corrected chi connectivity index (χ4v) is 2.33. The van der Waals surface area contributed by atoms with Crippen LogP contribution >= 0.6 is 0 Å². The molecule has 0 bridgehead atoms. The largest absolute Gasteiger partial charge is 0.467 e. The maximum Gasteiger partial charge on any atom is 0.252 e. The number of hydrogen-bond acceptors (Lipinski definition) is 4. The third kappa shape index (κ3) is 3.36. The van der Waals surface area contributed by atoms with Gasteiger partial charge in [0, 0.05) is 19.1 Å². The maximum absolute atomic E-state index is 12.1. The van der Waals surface area contributed by atoms with Gasteiger partial charge in [0.05, 0.1) is 6.26 Å². The van der Waals surface area contributed by atoms with Crippen LogP contribution in [0.15, 0.2) is 22.8 Å². The molecule has 1 aliphatic heterocycles. The van der Waals surface area contributed by atoms with E-state index in [9.17, 15) is 9.90 Å². The highest BCUT2D eigenvalue weighted by Crippen LogP contribution is 2.26. The summed E-state index contributed by atoms with van der Waals surface area (Å²) >= 11 is 0. The summed E-state index contributed by atoms with van der Waals surface area (Å²) in [5, 5.41) is 12.8. The predicted molar refractivity (Wildman–Crippen MR) is 69.5 cm³/mol. The molecule has 0 radical (unpaired) electrons. The SMILES string of the molecule is CC(CC(O)c1ccco1)NC(=O)C1(C)CCCO1. The molecule has 5 heteroatoms. The van der Waals surface area contributed by atoms with Gasteiger partial charge in [0.25, 0.3) is 5.91 Å². The lowest BCUT2D eigenvalue weighted by molar-refractivity contribution is -0.140. The molecule has 3 unspecified atom stereocenters. The monoisotopic (exact) mass is 267 g/mol. The first-order valence-electron chi connectivity index (χ1n) is 6.68. The van der Waals surface area contributed by atoms with Crippen LogP contribution in [0.5, 0.6) is 0 Å². The Balaban J connectivity index is 1.84. The molecule has 2 rings (SSSR count). The quantitative estimate of drug-likeness (QED) is 0.853. The minimum absolute atomic E-state index is 0.107. The molecule has 0 saturated carbocycles. The first-order chi connectivity index (χ1) is 9.01. The van der Waals surface area contributed by atoms with E-state index in [4.69, 9.17) is 9.15 Å². The zero-order chi connectivity index (χ0) is 13.9. The van der Waals surface area contributed by atoms with Crippen molar-refractivity contribution in [2.75, 3.05) is 6.61 Å². The minimum Gasteiger partial charge on any atom is -0.467 e. The van der Waals surface area contributed by atoms with Crippen LogP contribution in [-0.4, -0.2) is 29.3 Å². The van der Waals surface area contributed by atoms with Crippen molar-refractivity contribution in [2.24, 2.45) is 0 Å². The standard InChI is InChI=1S/C14H21NO4/c1-10(9-11(16)12-5-3-7-18-12)15-13(17)14(2)6-4-8-19-14/h3,5,7,10-11,16H,4,6,8-9H2,1-2H3,(H,15,17). The van der Waals surface area contributed by atoms with Crippen molar-refractivity contribution in [3.8, 4) is 0 Å². The lowest BCUT2D eigenvalue weighted by atomic mass is 10.0. The van der Waals surface area contributed by atoms with Crippen molar-refractivity contribution in [1.82, 2.24) is 5.32 Å². The van der Waals surface area contributed by atoms with Gasteiger partial charge in [-0.2, -0.15) is 0 Å². The molecular formula is C14H21NO4. The average Bonchev–Trinajstić information content (AvgIpc) is 2.99. The summed E-state index contributed by atoms with van der Waals surface area (Å²) in [6.45, 7) is 4.31. The number of aliphatic hydroxyl groups excluding tert-OH is 1. The van der Waals surface area contributed by atoms with E-state index in [-0.39, 0.29) is 11.9 Å². The summed E-state index contributed by atoms with van der Waals surface area (Å²) in [5.74, 6) is 0.411. The third-order valence-corrected chi connectivity index (χ3v) is 3.53. The predicted octanol–water partition coefficient (Wildman–Crippen LogP) is 1.78. The Morgan fingerprint density at radius 2 is 2.42 bits per heavy atom. The summed E-state index contributed by atoms with van der Waals surface area (Å²) in [7, 11) is 0. The second kappa shape index (κ2) is 5.75. The molecule has 1 saturated heterocycles. The highest BCUT2D eigenvalue weighted by Gasteiger charge is 2.38. The van der Waals surface area contributed by atoms with E-state index in [1.165, 1.54) is 6.26 Å². The average molecular weight is 267 g/mol. The van der Waals surface area contributed by atoms with E-state index in [1.807, 2.05) is 13.8 Å². The van der Waals surface area contributed by atoms with Gasteiger partial charge in [0.2, 0.25) is 0 Å². The van der Waals surface area contributed by atoms with Gasteiger partial charge in [-0.3, -0.25) is 4.79 Å². The van der Waals surface area contributed by atoms with E-state index in [2.05, 4.69) is 5.32 Å². The number of aliphatic hydroxyl groups is 1. The zero-order valence-electron chi connectivity index (χ0n) is 11.4. The molecule has 1 fully saturated rings. The van der Waals surface area contributed by atoms with E-state index in [0.717, 1.165) is 12.8 Å². The van der Waals surface area contributed by atoms with Crippen LogP contribution in [0.4, 0.5) is 0 Å². The van der Waals surface area contributed by atoms with Crippen LogP contribution in [0.1, 0.15) is 45.0 Å². The Kier molecular flexibility index (Phi) is 4.27. The van der Waals surface area contributed by atoms with Crippen molar-refractivity contribution in [1.29, 1.82) is 0 Å². The van der Waals surface area contributed by atoms with E-state index < -0.39 is 11.7 Å². The van der Waals surface area contributed by atoms with E-state index in [0.29, 0.717) is 18.8 Å². The number of nitrogens with one attached hydrogen (secondary N) is 1. The Hall–Kier alpha value is -1.33. The van der Waals surface area contributed by atoms with Gasteiger partial charge in [0.1, 0.15) is 17.5 Å². The molecule has 2 N–H and O–H groups in total. The second-order valence-corrected chi connectivity index (χ2v) is 5.32. The summed E-state index contributed by atoms with van der Waals surface area (Å²) in [6.07, 6.45) is 2.88. The molecule has 1 amide bonds. The summed E-state index contributed by atoms with van der Waals surface area (Å²) < 4.78 is 10.6. The van der Waals surface area contributed by atoms with Gasteiger partial charge >= 0.3 is 0 Å². The van der Waals surface area contributed by atoms with Gasteiger partial charge in [-0.25, -0.2) is 0 Å². The number of rotatable bonds is 5. The fourth-order valence-electron chi connectivity index (χ4n) is 2.33. The van der Waals surface area contributed by atoms with Crippen LogP contribution < -0.4 is 5.32 Å². The molecule has 1 aliphatic rings. The highest BCUT2D eigenvalue weighted by atomic mass is 16.5. The van der Waals surface area contributed by atoms with Crippen LogP contribution in [0.2, 0.25) is 0 Å². The highest BCUT2D eigenvalue weighted by molar-refractivity contribution is 5.85. The molecule has 5 nitrogen and oxygen atoms in total. The van der Waals surface area contributed by atoms with Crippen LogP contribution in [0.25, 0.3) is 0 Å². The number of carbonyl (C=O) groups is 1. The molecule has 19 heavy (non-hydrogen) atoms. The van der Waals surface area contributed by atoms with Crippen molar-refractivity contribution in [3.05, 3.63) is 24.2 Å². The topological polar surface area (TPSA) is 71.7 Å². The molecule has 0 aliphatic carbocycles. The van der Waals surface area contributed by atoms with Crippen molar-refractivity contribution < 1.29 is 19.1 Å². The van der Waals surface area contributed by atoms with Crippen molar-refractivity contribution >= 4 is 5.91 Å². The smallest absolute Gasteiger partial charge is 0.252 e. The first-order valence-corrected chi connectivity index (χ1v) is 6.68. The fraction of sp³-hybridized carbons (Fsp3) is 0.643. The Labute approximate surface area is 112 Å². The molecule has 1 aromatic heterocycles. The van der Waals surface area contributed by atoms with Crippen LogP contribution in [0, 0.1) is 0 Å². The van der Waals surface area contributed by atoms with Crippen LogP contribution in [-0.2, 0) is 9.53 Å². The second-order valence-electron chi connectivity index (χ2n) is 5.32. The third-order valence-electron chi connectivity index (χ3n) is 3.53. The van der Waals surface area contributed by atoms with Crippen LogP contribution in [0.3, 0.4) is 0 Å². The number of furan rings is 1. The number of ether oxygens (including phenoxy) is 1. The summed E-state index contributed by atoms with van der Waals surface area (Å²) in [4.78, 5) is 12.1.